The molecule has 0 radical (unpaired) electrons. The van der Waals surface area contributed by atoms with Crippen LogP contribution in [-0.4, -0.2) is 72.8 Å². The van der Waals surface area contributed by atoms with Crippen LogP contribution >= 0.6 is 0 Å². The van der Waals surface area contributed by atoms with Gasteiger partial charge in [0.05, 0.1) is 29.8 Å². The molecule has 0 aromatic rings. The molecule has 0 aromatic heterocycles. The molecule has 0 bridgehead atoms. The largest absolute Gasteiger partial charge is 0.329 e. The van der Waals surface area contributed by atoms with Crippen LogP contribution in [0, 0.1) is 17.8 Å². The van der Waals surface area contributed by atoms with Gasteiger partial charge in [-0.05, 0) is 25.0 Å². The molecule has 146 valence electrons. The number of fused-ring (bicyclic) bond motifs is 1. The van der Waals surface area contributed by atoms with E-state index in [1.165, 1.54) is 0 Å². The maximum atomic E-state index is 13.0. The molecule has 0 saturated carbocycles. The molecule has 0 aromatic carbocycles. The first-order chi connectivity index (χ1) is 12.2. The summed E-state index contributed by atoms with van der Waals surface area (Å²) in [5.74, 6) is -0.954. The predicted molar refractivity (Wildman–Crippen MR) is 98.4 cm³/mol. The minimum Gasteiger partial charge on any atom is -0.329 e. The number of hydrogen-bond acceptors (Lipinski definition) is 5. The first-order valence-electron chi connectivity index (χ1n) is 9.43. The van der Waals surface area contributed by atoms with E-state index in [-0.39, 0.29) is 17.7 Å². The average molecular weight is 384 g/mol. The van der Waals surface area contributed by atoms with Gasteiger partial charge in [-0.15, -0.1) is 0 Å². The topological polar surface area (TPSA) is 78.0 Å². The van der Waals surface area contributed by atoms with E-state index in [2.05, 4.69) is 11.8 Å². The molecule has 26 heavy (non-hydrogen) atoms. The minimum atomic E-state index is -3.68. The Labute approximate surface area is 156 Å². The van der Waals surface area contributed by atoms with Crippen molar-refractivity contribution in [2.24, 2.45) is 17.8 Å². The highest BCUT2D eigenvalue weighted by Crippen LogP contribution is 2.42. The molecule has 3 rings (SSSR count). The molecule has 2 amide bonds. The van der Waals surface area contributed by atoms with E-state index in [1.54, 1.807) is 11.0 Å². The molecular formula is C18H29N3O4S. The van der Waals surface area contributed by atoms with Crippen LogP contribution < -0.4 is 0 Å². The molecule has 0 unspecified atom stereocenters. The lowest BCUT2D eigenvalue weighted by atomic mass is 9.88. The summed E-state index contributed by atoms with van der Waals surface area (Å²) in [5.41, 5.74) is 0.465. The van der Waals surface area contributed by atoms with Crippen molar-refractivity contribution in [3.05, 3.63) is 11.8 Å². The van der Waals surface area contributed by atoms with Crippen molar-refractivity contribution in [1.29, 1.82) is 0 Å². The molecule has 2 atom stereocenters. The first kappa shape index (κ1) is 19.4. The first-order valence-corrected chi connectivity index (χ1v) is 11.3. The van der Waals surface area contributed by atoms with E-state index in [0.717, 1.165) is 43.0 Å². The average Bonchev–Trinajstić information content (AvgIpc) is 3.00. The third-order valence-electron chi connectivity index (χ3n) is 5.66. The number of nitrogens with zero attached hydrogens (tertiary/aromatic N) is 3. The van der Waals surface area contributed by atoms with Crippen LogP contribution in [0.15, 0.2) is 11.8 Å². The van der Waals surface area contributed by atoms with Gasteiger partial charge >= 0.3 is 0 Å². The van der Waals surface area contributed by atoms with Crippen molar-refractivity contribution in [3.63, 3.8) is 0 Å². The molecule has 7 nitrogen and oxygen atoms in total. The third kappa shape index (κ3) is 3.17. The summed E-state index contributed by atoms with van der Waals surface area (Å²) in [7, 11) is -3.68. The Morgan fingerprint density at radius 1 is 1.31 bits per heavy atom. The predicted octanol–water partition coefficient (Wildman–Crippen LogP) is 0.887. The summed E-state index contributed by atoms with van der Waals surface area (Å²) in [5, 5.41) is 0. The molecule has 2 fully saturated rings. The molecule has 0 spiro atoms. The highest BCUT2D eigenvalue weighted by Gasteiger charge is 2.55. The van der Waals surface area contributed by atoms with Crippen LogP contribution in [0.2, 0.25) is 0 Å². The standard InChI is InChI=1S/C18H29N3O4S/c1-5-6-8-19-10-13(11-19)17(22)20-9-7-14-16(20)15(12(2)3)18(23)21(14)26(4,24)25/h7,12-13,15-16H,5-6,8-11H2,1-4H3/t15-,16+/m1/s1. The monoisotopic (exact) mass is 383 g/mol. The van der Waals surface area contributed by atoms with Gasteiger partial charge in [0.2, 0.25) is 21.8 Å². The lowest BCUT2D eigenvalue weighted by Crippen LogP contribution is -2.56. The van der Waals surface area contributed by atoms with Gasteiger partial charge in [0, 0.05) is 19.6 Å². The third-order valence-corrected chi connectivity index (χ3v) is 6.72. The van der Waals surface area contributed by atoms with Crippen molar-refractivity contribution in [2.75, 3.05) is 32.4 Å². The Hall–Kier alpha value is -1.41. The van der Waals surface area contributed by atoms with E-state index in [0.29, 0.717) is 12.2 Å². The number of carbonyl (C=O) groups is 2. The summed E-state index contributed by atoms with van der Waals surface area (Å²) in [4.78, 5) is 29.8. The number of carbonyl (C=O) groups excluding carboxylic acids is 2. The molecule has 8 heteroatoms. The van der Waals surface area contributed by atoms with Crippen LogP contribution in [0.25, 0.3) is 0 Å². The van der Waals surface area contributed by atoms with Gasteiger partial charge in [-0.3, -0.25) is 9.59 Å². The van der Waals surface area contributed by atoms with Crippen LogP contribution in [0.4, 0.5) is 0 Å². The maximum Gasteiger partial charge on any atom is 0.246 e. The summed E-state index contributed by atoms with van der Waals surface area (Å²) in [6, 6.07) is -0.450. The Morgan fingerprint density at radius 2 is 1.96 bits per heavy atom. The SMILES string of the molecule is CCCCN1CC(C(=O)N2CC=C3[C@H]2[C@@H](C(C)C)C(=O)N3S(C)(=O)=O)C1. The number of likely N-dealkylation sites (tertiary alicyclic amines) is 1. The summed E-state index contributed by atoms with van der Waals surface area (Å²) in [6.45, 7) is 8.87. The van der Waals surface area contributed by atoms with Crippen molar-refractivity contribution in [2.45, 2.75) is 39.7 Å². The maximum absolute atomic E-state index is 13.0. The summed E-state index contributed by atoms with van der Waals surface area (Å²) >= 11 is 0. The molecule has 3 heterocycles. The zero-order chi connectivity index (χ0) is 19.2. The van der Waals surface area contributed by atoms with Gasteiger partial charge in [0.25, 0.3) is 0 Å². The Morgan fingerprint density at radius 3 is 2.50 bits per heavy atom. The van der Waals surface area contributed by atoms with Gasteiger partial charge in [0.15, 0.2) is 0 Å². The van der Waals surface area contributed by atoms with Crippen molar-refractivity contribution in [1.82, 2.24) is 14.1 Å². The number of unbranched alkanes of at least 4 members (excludes halogenated alkanes) is 1. The van der Waals surface area contributed by atoms with Crippen LogP contribution in [0.1, 0.15) is 33.6 Å². The number of hydrogen-bond donors (Lipinski definition) is 0. The molecule has 3 aliphatic heterocycles. The normalized spacial score (nSPS) is 27.1. The van der Waals surface area contributed by atoms with E-state index in [1.807, 2.05) is 13.8 Å². The number of rotatable bonds is 6. The van der Waals surface area contributed by atoms with Gasteiger partial charge in [-0.25, -0.2) is 12.7 Å². The fourth-order valence-electron chi connectivity index (χ4n) is 4.32. The molecule has 3 aliphatic rings. The smallest absolute Gasteiger partial charge is 0.246 e. The second-order valence-electron chi connectivity index (χ2n) is 8.01. The van der Waals surface area contributed by atoms with Gasteiger partial charge in [0.1, 0.15) is 0 Å². The van der Waals surface area contributed by atoms with Gasteiger partial charge in [-0.1, -0.05) is 27.2 Å². The molecule has 0 aliphatic carbocycles. The molecule has 2 saturated heterocycles. The fourth-order valence-corrected chi connectivity index (χ4v) is 5.34. The van der Waals surface area contributed by atoms with E-state index in [9.17, 15) is 18.0 Å². The van der Waals surface area contributed by atoms with Gasteiger partial charge < -0.3 is 9.80 Å². The van der Waals surface area contributed by atoms with E-state index in [4.69, 9.17) is 0 Å². The summed E-state index contributed by atoms with van der Waals surface area (Å²) < 4.78 is 25.2. The van der Waals surface area contributed by atoms with Gasteiger partial charge in [-0.2, -0.15) is 0 Å². The van der Waals surface area contributed by atoms with Crippen LogP contribution in [0.3, 0.4) is 0 Å². The lowest BCUT2D eigenvalue weighted by molar-refractivity contribution is -0.143. The van der Waals surface area contributed by atoms with E-state index >= 15 is 0 Å². The zero-order valence-electron chi connectivity index (χ0n) is 16.0. The highest BCUT2D eigenvalue weighted by molar-refractivity contribution is 7.89. The van der Waals surface area contributed by atoms with Crippen molar-refractivity contribution in [3.8, 4) is 0 Å². The van der Waals surface area contributed by atoms with E-state index < -0.39 is 27.9 Å². The van der Waals surface area contributed by atoms with Crippen molar-refractivity contribution < 1.29 is 18.0 Å². The quantitative estimate of drug-likeness (QED) is 0.681. The lowest BCUT2D eigenvalue weighted by Gasteiger charge is -2.41. The second kappa shape index (κ2) is 6.96. The highest BCUT2D eigenvalue weighted by atomic mass is 32.2. The Balaban J connectivity index is 1.76. The zero-order valence-corrected chi connectivity index (χ0v) is 16.8. The number of sulfonamides is 1. The second-order valence-corrected chi connectivity index (χ2v) is 9.84. The minimum absolute atomic E-state index is 0.0431. The van der Waals surface area contributed by atoms with Crippen molar-refractivity contribution >= 4 is 21.8 Å². The van der Waals surface area contributed by atoms with Crippen LogP contribution in [-0.2, 0) is 19.6 Å². The molecular weight excluding hydrogens is 354 g/mol. The Kier molecular flexibility index (Phi) is 5.18. The molecule has 0 N–H and O–H groups in total. The number of amides is 2. The Bertz CT molecular complexity index is 725. The summed E-state index contributed by atoms with van der Waals surface area (Å²) in [6.07, 6.45) is 5.05. The fraction of sp³-hybridized carbons (Fsp3) is 0.778. The van der Waals surface area contributed by atoms with Crippen LogP contribution in [0.5, 0.6) is 0 Å².